The molecule has 0 bridgehead atoms. The summed E-state index contributed by atoms with van der Waals surface area (Å²) in [6.07, 6.45) is 7.00. The largest absolute Gasteiger partial charge is 0.289 e. The minimum absolute atomic E-state index is 0.0564. The molecular formula is C14H7ClN6O2. The smallest absolute Gasteiger partial charge is 0.285 e. The molecule has 0 amide bonds. The molecule has 0 aliphatic heterocycles. The third-order valence-corrected chi connectivity index (χ3v) is 2.91. The molecule has 0 spiro atoms. The lowest BCUT2D eigenvalue weighted by Gasteiger charge is -2.02. The van der Waals surface area contributed by atoms with E-state index in [9.17, 15) is 9.59 Å². The van der Waals surface area contributed by atoms with Gasteiger partial charge in [0.15, 0.2) is 5.82 Å². The van der Waals surface area contributed by atoms with Crippen LogP contribution in [0.15, 0.2) is 43.1 Å². The van der Waals surface area contributed by atoms with Crippen LogP contribution >= 0.6 is 11.6 Å². The van der Waals surface area contributed by atoms with Crippen LogP contribution in [0.3, 0.4) is 0 Å². The van der Waals surface area contributed by atoms with Gasteiger partial charge in [0.2, 0.25) is 17.4 Å². The maximum absolute atomic E-state index is 12.1. The van der Waals surface area contributed by atoms with E-state index in [2.05, 4.69) is 29.9 Å². The minimum Gasteiger partial charge on any atom is -0.285 e. The van der Waals surface area contributed by atoms with Gasteiger partial charge < -0.3 is 0 Å². The Kier molecular flexibility index (Phi) is 4.07. The standard InChI is InChI=1S/C14H7ClN6O2/c15-11(23)14-18-5-2-9(21-14)12-19-6-8(7-20-12)10(22)13-16-3-1-4-17-13/h1-7H. The third kappa shape index (κ3) is 3.22. The highest BCUT2D eigenvalue weighted by Gasteiger charge is 2.14. The number of hydrogen-bond donors (Lipinski definition) is 0. The van der Waals surface area contributed by atoms with E-state index < -0.39 is 11.0 Å². The van der Waals surface area contributed by atoms with Crippen molar-refractivity contribution in [2.75, 3.05) is 0 Å². The van der Waals surface area contributed by atoms with E-state index in [4.69, 9.17) is 11.6 Å². The molecule has 0 radical (unpaired) electrons. The van der Waals surface area contributed by atoms with E-state index in [1.165, 1.54) is 37.1 Å². The van der Waals surface area contributed by atoms with Gasteiger partial charge in [-0.2, -0.15) is 0 Å². The summed E-state index contributed by atoms with van der Waals surface area (Å²) in [5.41, 5.74) is 0.557. The molecule has 0 saturated carbocycles. The van der Waals surface area contributed by atoms with E-state index in [1.54, 1.807) is 6.07 Å². The van der Waals surface area contributed by atoms with Gasteiger partial charge in [-0.3, -0.25) is 9.59 Å². The van der Waals surface area contributed by atoms with Crippen molar-refractivity contribution in [3.63, 3.8) is 0 Å². The molecule has 0 aliphatic carbocycles. The van der Waals surface area contributed by atoms with Crippen molar-refractivity contribution in [1.82, 2.24) is 29.9 Å². The lowest BCUT2D eigenvalue weighted by Crippen LogP contribution is -2.08. The first-order valence-corrected chi connectivity index (χ1v) is 6.70. The van der Waals surface area contributed by atoms with Crippen LogP contribution < -0.4 is 0 Å². The zero-order valence-electron chi connectivity index (χ0n) is 11.4. The Morgan fingerprint density at radius 2 is 1.52 bits per heavy atom. The molecule has 23 heavy (non-hydrogen) atoms. The van der Waals surface area contributed by atoms with Crippen LogP contribution in [0.1, 0.15) is 26.8 Å². The number of ketones is 1. The molecular weight excluding hydrogens is 320 g/mol. The summed E-state index contributed by atoms with van der Waals surface area (Å²) >= 11 is 5.33. The van der Waals surface area contributed by atoms with Crippen molar-refractivity contribution in [2.45, 2.75) is 0 Å². The van der Waals surface area contributed by atoms with Crippen molar-refractivity contribution in [3.05, 3.63) is 60.3 Å². The maximum Gasteiger partial charge on any atom is 0.289 e. The number of carbonyl (C=O) groups excluding carboxylic acids is 2. The summed E-state index contributed by atoms with van der Waals surface area (Å²) in [7, 11) is 0. The lowest BCUT2D eigenvalue weighted by molar-refractivity contribution is 0.102. The van der Waals surface area contributed by atoms with Crippen molar-refractivity contribution in [2.24, 2.45) is 0 Å². The molecule has 3 aromatic rings. The molecule has 8 nitrogen and oxygen atoms in total. The molecule has 3 aromatic heterocycles. The zero-order valence-corrected chi connectivity index (χ0v) is 12.2. The Balaban J connectivity index is 1.89. The highest BCUT2D eigenvalue weighted by Crippen LogP contribution is 2.12. The summed E-state index contributed by atoms with van der Waals surface area (Å²) < 4.78 is 0. The quantitative estimate of drug-likeness (QED) is 0.521. The van der Waals surface area contributed by atoms with Gasteiger partial charge in [0.1, 0.15) is 5.69 Å². The molecule has 0 aromatic carbocycles. The predicted octanol–water partition coefficient (Wildman–Crippen LogP) is 1.33. The van der Waals surface area contributed by atoms with Crippen molar-refractivity contribution < 1.29 is 9.59 Å². The van der Waals surface area contributed by atoms with Gasteiger partial charge in [0.05, 0.1) is 5.56 Å². The van der Waals surface area contributed by atoms with E-state index in [0.717, 1.165) is 0 Å². The van der Waals surface area contributed by atoms with Crippen molar-refractivity contribution in [1.29, 1.82) is 0 Å². The van der Waals surface area contributed by atoms with Gasteiger partial charge in [-0.1, -0.05) is 0 Å². The third-order valence-electron chi connectivity index (χ3n) is 2.74. The van der Waals surface area contributed by atoms with Crippen molar-refractivity contribution >= 4 is 22.6 Å². The number of nitrogens with zero attached hydrogens (tertiary/aromatic N) is 6. The van der Waals surface area contributed by atoms with Crippen LogP contribution in [0.4, 0.5) is 0 Å². The molecule has 0 fully saturated rings. The first-order valence-electron chi connectivity index (χ1n) is 6.32. The second-order valence-corrected chi connectivity index (χ2v) is 4.58. The minimum atomic E-state index is -0.778. The highest BCUT2D eigenvalue weighted by atomic mass is 35.5. The molecule has 9 heteroatoms. The zero-order chi connectivity index (χ0) is 16.2. The second-order valence-electron chi connectivity index (χ2n) is 4.24. The summed E-state index contributed by atoms with van der Waals surface area (Å²) in [5, 5.41) is -0.778. The first-order chi connectivity index (χ1) is 11.1. The SMILES string of the molecule is O=C(Cl)c1nccc(-c2ncc(C(=O)c3ncccn3)cn2)n1. The summed E-state index contributed by atoms with van der Waals surface area (Å²) in [6.45, 7) is 0. The molecule has 0 saturated heterocycles. The van der Waals surface area contributed by atoms with E-state index in [1.807, 2.05) is 0 Å². The van der Waals surface area contributed by atoms with E-state index in [0.29, 0.717) is 5.69 Å². The van der Waals surface area contributed by atoms with Gasteiger partial charge >= 0.3 is 0 Å². The fourth-order valence-electron chi connectivity index (χ4n) is 1.70. The molecule has 0 atom stereocenters. The molecule has 0 aliphatic rings. The fourth-order valence-corrected chi connectivity index (χ4v) is 1.79. The van der Waals surface area contributed by atoms with Crippen molar-refractivity contribution in [3.8, 4) is 11.5 Å². The molecule has 0 unspecified atom stereocenters. The van der Waals surface area contributed by atoms with Gasteiger partial charge in [-0.15, -0.1) is 0 Å². The van der Waals surface area contributed by atoms with Gasteiger partial charge in [0, 0.05) is 31.0 Å². The summed E-state index contributed by atoms with van der Waals surface area (Å²) in [6, 6.07) is 3.14. The Hall–Kier alpha value is -3.13. The van der Waals surface area contributed by atoms with Crippen LogP contribution in [0.2, 0.25) is 0 Å². The number of hydrogen-bond acceptors (Lipinski definition) is 8. The topological polar surface area (TPSA) is 111 Å². The number of halogens is 1. The Labute approximate surface area is 134 Å². The average Bonchev–Trinajstić information content (AvgIpc) is 2.62. The van der Waals surface area contributed by atoms with Crippen LogP contribution in [-0.2, 0) is 0 Å². The summed E-state index contributed by atoms with van der Waals surface area (Å²) in [5.74, 6) is -0.250. The fraction of sp³-hybridized carbons (Fsp3) is 0. The van der Waals surface area contributed by atoms with Crippen LogP contribution in [0.5, 0.6) is 0 Å². The number of carbonyl (C=O) groups is 2. The molecule has 112 valence electrons. The van der Waals surface area contributed by atoms with Gasteiger partial charge in [-0.05, 0) is 23.7 Å². The average molecular weight is 327 g/mol. The first kappa shape index (κ1) is 14.8. The highest BCUT2D eigenvalue weighted by molar-refractivity contribution is 6.67. The van der Waals surface area contributed by atoms with Crippen LogP contribution in [0, 0.1) is 0 Å². The second kappa shape index (κ2) is 6.32. The summed E-state index contributed by atoms with van der Waals surface area (Å²) in [4.78, 5) is 46.8. The molecule has 3 rings (SSSR count). The van der Waals surface area contributed by atoms with E-state index >= 15 is 0 Å². The number of rotatable bonds is 4. The Morgan fingerprint density at radius 1 is 0.870 bits per heavy atom. The van der Waals surface area contributed by atoms with E-state index in [-0.39, 0.29) is 23.0 Å². The molecule has 0 N–H and O–H groups in total. The van der Waals surface area contributed by atoms with Gasteiger partial charge in [0.25, 0.3) is 5.24 Å². The van der Waals surface area contributed by atoms with Crippen LogP contribution in [0.25, 0.3) is 11.5 Å². The Bertz CT molecular complexity index is 870. The maximum atomic E-state index is 12.1. The normalized spacial score (nSPS) is 10.3. The van der Waals surface area contributed by atoms with Crippen LogP contribution in [-0.4, -0.2) is 40.9 Å². The Morgan fingerprint density at radius 3 is 2.17 bits per heavy atom. The lowest BCUT2D eigenvalue weighted by atomic mass is 10.2. The molecule has 3 heterocycles. The number of aromatic nitrogens is 6. The van der Waals surface area contributed by atoms with Gasteiger partial charge in [-0.25, -0.2) is 29.9 Å². The predicted molar refractivity (Wildman–Crippen MR) is 78.7 cm³/mol. The monoisotopic (exact) mass is 326 g/mol.